The Morgan fingerprint density at radius 1 is 1.24 bits per heavy atom. The zero-order chi connectivity index (χ0) is 11.7. The van der Waals surface area contributed by atoms with Gasteiger partial charge in [0, 0.05) is 23.9 Å². The van der Waals surface area contributed by atoms with Crippen molar-refractivity contribution in [1.82, 2.24) is 5.16 Å². The van der Waals surface area contributed by atoms with E-state index in [0.29, 0.717) is 5.88 Å². The van der Waals surface area contributed by atoms with Crippen LogP contribution in [-0.4, -0.2) is 24.6 Å². The summed E-state index contributed by atoms with van der Waals surface area (Å²) in [5, 5.41) is 3.87. The average molecular weight is 228 g/mol. The number of nitrogens with zero attached hydrogens (tertiary/aromatic N) is 3. The highest BCUT2D eigenvalue weighted by Crippen LogP contribution is 2.23. The maximum Gasteiger partial charge on any atom is 0.222 e. The number of aromatic nitrogens is 1. The number of hydrogen-bond acceptors (Lipinski definition) is 5. The number of nitrogens with two attached hydrogens (primary N) is 1. The van der Waals surface area contributed by atoms with Crippen LogP contribution in [0.25, 0.3) is 11.3 Å². The number of anilines is 2. The van der Waals surface area contributed by atoms with E-state index in [-0.39, 0.29) is 0 Å². The van der Waals surface area contributed by atoms with Crippen molar-refractivity contribution in [3.05, 3.63) is 30.3 Å². The molecule has 2 heterocycles. The Kier molecular flexibility index (Phi) is 2.29. The summed E-state index contributed by atoms with van der Waals surface area (Å²) in [5.41, 5.74) is 8.37. The highest BCUT2D eigenvalue weighted by atomic mass is 16.5. The molecule has 0 unspecified atom stereocenters. The minimum Gasteiger partial charge on any atom is -0.368 e. The third-order valence-corrected chi connectivity index (χ3v) is 2.71. The van der Waals surface area contributed by atoms with Gasteiger partial charge in [0.05, 0.1) is 12.9 Å². The van der Waals surface area contributed by atoms with Gasteiger partial charge in [-0.05, 0) is 12.1 Å². The molecule has 5 nitrogen and oxygen atoms in total. The van der Waals surface area contributed by atoms with E-state index in [1.54, 1.807) is 6.07 Å². The number of hydrogen-bond donors (Lipinski definition) is 1. The van der Waals surface area contributed by atoms with Crippen LogP contribution in [0, 0.1) is 0 Å². The van der Waals surface area contributed by atoms with E-state index in [9.17, 15) is 0 Å². The van der Waals surface area contributed by atoms with Gasteiger partial charge in [0.1, 0.15) is 5.69 Å². The fourth-order valence-electron chi connectivity index (χ4n) is 1.82. The van der Waals surface area contributed by atoms with Crippen molar-refractivity contribution in [2.24, 2.45) is 4.99 Å². The Labute approximate surface area is 98.5 Å². The molecule has 17 heavy (non-hydrogen) atoms. The summed E-state index contributed by atoms with van der Waals surface area (Å²) in [5.74, 6) is 0.329. The Morgan fingerprint density at radius 3 is 2.65 bits per heavy atom. The van der Waals surface area contributed by atoms with Gasteiger partial charge in [0.2, 0.25) is 5.88 Å². The molecule has 1 aromatic heterocycles. The van der Waals surface area contributed by atoms with E-state index >= 15 is 0 Å². The second-order valence-electron chi connectivity index (χ2n) is 3.88. The van der Waals surface area contributed by atoms with Crippen molar-refractivity contribution in [3.63, 3.8) is 0 Å². The molecule has 0 amide bonds. The standard InChI is InChI=1S/C12H12N4O/c13-12-7-11(15-17-12)9-1-3-10(4-2-9)16-6-5-14-8-16/h1-4,7-8H,5-6,13H2. The normalized spacial score (nSPS) is 14.5. The van der Waals surface area contributed by atoms with Crippen molar-refractivity contribution in [3.8, 4) is 11.3 Å². The summed E-state index contributed by atoms with van der Waals surface area (Å²) in [6.07, 6.45) is 1.86. The molecule has 1 aliphatic heterocycles. The predicted molar refractivity (Wildman–Crippen MR) is 67.1 cm³/mol. The summed E-state index contributed by atoms with van der Waals surface area (Å²) in [4.78, 5) is 6.29. The number of benzene rings is 1. The Balaban J connectivity index is 1.87. The van der Waals surface area contributed by atoms with Gasteiger partial charge >= 0.3 is 0 Å². The van der Waals surface area contributed by atoms with Crippen molar-refractivity contribution in [2.75, 3.05) is 23.7 Å². The molecule has 2 aromatic rings. The monoisotopic (exact) mass is 228 g/mol. The Hall–Kier alpha value is -2.30. The number of nitrogen functional groups attached to an aromatic ring is 1. The topological polar surface area (TPSA) is 67.7 Å². The number of rotatable bonds is 2. The minimum absolute atomic E-state index is 0.329. The lowest BCUT2D eigenvalue weighted by Gasteiger charge is -2.13. The maximum atomic E-state index is 5.49. The van der Waals surface area contributed by atoms with E-state index in [1.165, 1.54) is 0 Å². The fourth-order valence-corrected chi connectivity index (χ4v) is 1.82. The molecule has 2 N–H and O–H groups in total. The smallest absolute Gasteiger partial charge is 0.222 e. The van der Waals surface area contributed by atoms with Crippen molar-refractivity contribution in [1.29, 1.82) is 0 Å². The molecule has 0 saturated heterocycles. The zero-order valence-electron chi connectivity index (χ0n) is 9.21. The molecule has 0 saturated carbocycles. The first-order chi connectivity index (χ1) is 8.33. The first-order valence-corrected chi connectivity index (χ1v) is 5.42. The van der Waals surface area contributed by atoms with E-state index in [1.807, 2.05) is 30.6 Å². The molecule has 0 aliphatic carbocycles. The zero-order valence-corrected chi connectivity index (χ0v) is 9.21. The second-order valence-corrected chi connectivity index (χ2v) is 3.88. The van der Waals surface area contributed by atoms with Crippen LogP contribution in [0.15, 0.2) is 39.8 Å². The van der Waals surface area contributed by atoms with Crippen LogP contribution in [0.1, 0.15) is 0 Å². The Morgan fingerprint density at radius 2 is 2.06 bits per heavy atom. The molecule has 1 aliphatic rings. The van der Waals surface area contributed by atoms with Gasteiger partial charge in [-0.1, -0.05) is 17.3 Å². The van der Waals surface area contributed by atoms with Gasteiger partial charge in [-0.15, -0.1) is 0 Å². The highest BCUT2D eigenvalue weighted by Gasteiger charge is 2.09. The van der Waals surface area contributed by atoms with Gasteiger partial charge in [-0.25, -0.2) is 0 Å². The Bertz CT molecular complexity index is 544. The van der Waals surface area contributed by atoms with Crippen LogP contribution < -0.4 is 10.6 Å². The van der Waals surface area contributed by atoms with E-state index < -0.39 is 0 Å². The lowest BCUT2D eigenvalue weighted by Crippen LogP contribution is -2.17. The molecular weight excluding hydrogens is 216 g/mol. The largest absolute Gasteiger partial charge is 0.368 e. The van der Waals surface area contributed by atoms with Gasteiger partial charge in [-0.3, -0.25) is 4.99 Å². The SMILES string of the molecule is Nc1cc(-c2ccc(N3C=NCC3)cc2)no1. The van der Waals surface area contributed by atoms with E-state index in [2.05, 4.69) is 15.0 Å². The maximum absolute atomic E-state index is 5.49. The molecule has 0 spiro atoms. The predicted octanol–water partition coefficient (Wildman–Crippen LogP) is 1.77. The molecule has 0 fully saturated rings. The molecule has 0 atom stereocenters. The molecule has 1 aromatic carbocycles. The van der Waals surface area contributed by atoms with Crippen molar-refractivity contribution < 1.29 is 4.52 Å². The van der Waals surface area contributed by atoms with Crippen molar-refractivity contribution >= 4 is 17.9 Å². The van der Waals surface area contributed by atoms with Crippen LogP contribution >= 0.6 is 0 Å². The van der Waals surface area contributed by atoms with Crippen LogP contribution in [0.4, 0.5) is 11.6 Å². The van der Waals surface area contributed by atoms with Gasteiger partial charge < -0.3 is 15.2 Å². The second kappa shape index (κ2) is 3.93. The van der Waals surface area contributed by atoms with Gasteiger partial charge in [-0.2, -0.15) is 0 Å². The minimum atomic E-state index is 0.329. The van der Waals surface area contributed by atoms with Gasteiger partial charge in [0.25, 0.3) is 0 Å². The molecule has 0 radical (unpaired) electrons. The lowest BCUT2D eigenvalue weighted by atomic mass is 10.1. The summed E-state index contributed by atoms with van der Waals surface area (Å²) >= 11 is 0. The molecule has 86 valence electrons. The molecule has 5 heteroatoms. The summed E-state index contributed by atoms with van der Waals surface area (Å²) in [6, 6.07) is 9.79. The van der Waals surface area contributed by atoms with E-state index in [4.69, 9.17) is 10.3 Å². The van der Waals surface area contributed by atoms with Crippen LogP contribution in [0.2, 0.25) is 0 Å². The van der Waals surface area contributed by atoms with Gasteiger partial charge in [0.15, 0.2) is 0 Å². The molecular formula is C12H12N4O. The van der Waals surface area contributed by atoms with Crippen LogP contribution in [0.5, 0.6) is 0 Å². The fraction of sp³-hybridized carbons (Fsp3) is 0.167. The van der Waals surface area contributed by atoms with E-state index in [0.717, 1.165) is 30.0 Å². The third-order valence-electron chi connectivity index (χ3n) is 2.71. The first-order valence-electron chi connectivity index (χ1n) is 5.42. The highest BCUT2D eigenvalue weighted by molar-refractivity contribution is 5.81. The first kappa shape index (κ1) is 9.89. The average Bonchev–Trinajstić information content (AvgIpc) is 3.00. The van der Waals surface area contributed by atoms with Crippen molar-refractivity contribution in [2.45, 2.75) is 0 Å². The summed E-state index contributed by atoms with van der Waals surface area (Å²) in [7, 11) is 0. The van der Waals surface area contributed by atoms with Crippen LogP contribution in [-0.2, 0) is 0 Å². The molecule has 3 rings (SSSR count). The third kappa shape index (κ3) is 1.87. The quantitative estimate of drug-likeness (QED) is 0.850. The lowest BCUT2D eigenvalue weighted by molar-refractivity contribution is 0.439. The molecule has 0 bridgehead atoms. The summed E-state index contributed by atoms with van der Waals surface area (Å²) in [6.45, 7) is 1.80. The van der Waals surface area contributed by atoms with Crippen LogP contribution in [0.3, 0.4) is 0 Å². The number of aliphatic imine (C=N–C) groups is 1. The summed E-state index contributed by atoms with van der Waals surface area (Å²) < 4.78 is 4.85.